The van der Waals surface area contributed by atoms with Gasteiger partial charge in [-0.3, -0.25) is 9.59 Å². The molecule has 322 valence electrons. The summed E-state index contributed by atoms with van der Waals surface area (Å²) in [4.78, 5) is 37.0. The zero-order chi connectivity index (χ0) is 40.7. The lowest BCUT2D eigenvalue weighted by molar-refractivity contribution is -0.887. The van der Waals surface area contributed by atoms with Crippen molar-refractivity contribution in [3.05, 3.63) is 24.3 Å². The first-order valence-electron chi connectivity index (χ1n) is 22.9. The molecule has 0 rings (SSSR count). The van der Waals surface area contributed by atoms with E-state index >= 15 is 0 Å². The first kappa shape index (κ1) is 52.8. The second-order valence-corrected chi connectivity index (χ2v) is 16.7. The number of unbranched alkanes of at least 4 members (excludes halogenated alkanes) is 23. The molecular weight excluding hydrogens is 691 g/mol. The highest BCUT2D eigenvalue weighted by Crippen LogP contribution is 2.14. The third kappa shape index (κ3) is 37.2. The van der Waals surface area contributed by atoms with Crippen molar-refractivity contribution in [3.8, 4) is 0 Å². The minimum Gasteiger partial charge on any atom is -0.477 e. The van der Waals surface area contributed by atoms with Gasteiger partial charge in [-0.2, -0.15) is 0 Å². The van der Waals surface area contributed by atoms with Crippen LogP contribution in [0.1, 0.15) is 206 Å². The van der Waals surface area contributed by atoms with Gasteiger partial charge in [0.05, 0.1) is 34.4 Å². The predicted octanol–water partition coefficient (Wildman–Crippen LogP) is 12.5. The molecule has 0 spiro atoms. The van der Waals surface area contributed by atoms with E-state index in [9.17, 15) is 19.5 Å². The Morgan fingerprint density at radius 1 is 0.527 bits per heavy atom. The highest BCUT2D eigenvalue weighted by atomic mass is 16.6. The van der Waals surface area contributed by atoms with E-state index in [1.807, 2.05) is 21.1 Å². The van der Waals surface area contributed by atoms with Gasteiger partial charge < -0.3 is 23.8 Å². The third-order valence-electron chi connectivity index (χ3n) is 10.3. The quantitative estimate of drug-likeness (QED) is 0.0285. The van der Waals surface area contributed by atoms with Crippen molar-refractivity contribution >= 4 is 17.9 Å². The van der Waals surface area contributed by atoms with Crippen molar-refractivity contribution in [1.29, 1.82) is 0 Å². The molecule has 0 aromatic rings. The van der Waals surface area contributed by atoms with Gasteiger partial charge in [0.15, 0.2) is 12.1 Å². The molecule has 55 heavy (non-hydrogen) atoms. The van der Waals surface area contributed by atoms with Crippen molar-refractivity contribution in [1.82, 2.24) is 0 Å². The number of nitrogens with zero attached hydrogens (tertiary/aromatic N) is 1. The lowest BCUT2D eigenvalue weighted by Crippen LogP contribution is -2.50. The second-order valence-electron chi connectivity index (χ2n) is 16.7. The van der Waals surface area contributed by atoms with Gasteiger partial charge in [0, 0.05) is 19.3 Å². The number of carboxylic acid groups (broad SMARTS) is 1. The van der Waals surface area contributed by atoms with Crippen LogP contribution in [0.25, 0.3) is 0 Å². The van der Waals surface area contributed by atoms with Crippen molar-refractivity contribution in [3.63, 3.8) is 0 Å². The Morgan fingerprint density at radius 2 is 0.909 bits per heavy atom. The van der Waals surface area contributed by atoms with Crippen LogP contribution in [0.15, 0.2) is 24.3 Å². The number of hydrogen-bond donors (Lipinski definition) is 1. The van der Waals surface area contributed by atoms with Gasteiger partial charge in [0.25, 0.3) is 0 Å². The van der Waals surface area contributed by atoms with E-state index < -0.39 is 18.1 Å². The Labute approximate surface area is 339 Å². The number of carbonyl (C=O) groups is 3. The first-order valence-corrected chi connectivity index (χ1v) is 22.9. The molecule has 2 unspecified atom stereocenters. The molecule has 0 aliphatic carbocycles. The summed E-state index contributed by atoms with van der Waals surface area (Å²) in [6.45, 7) is 4.72. The molecule has 0 aromatic carbocycles. The molecule has 0 saturated heterocycles. The van der Waals surface area contributed by atoms with Crippen molar-refractivity contribution in [2.75, 3.05) is 41.0 Å². The van der Waals surface area contributed by atoms with Crippen LogP contribution in [-0.2, 0) is 28.6 Å². The number of allylic oxidation sites excluding steroid dienone is 4. The molecule has 0 heterocycles. The number of likely N-dealkylation sites (N-methyl/N-ethyl adjacent to an activating group) is 1. The van der Waals surface area contributed by atoms with Crippen LogP contribution in [0.3, 0.4) is 0 Å². The summed E-state index contributed by atoms with van der Waals surface area (Å²) in [6, 6.07) is -0.614. The van der Waals surface area contributed by atoms with Crippen LogP contribution in [0.4, 0.5) is 0 Å². The molecule has 0 radical (unpaired) electrons. The Balaban J connectivity index is 4.33. The molecule has 0 bridgehead atoms. The van der Waals surface area contributed by atoms with Crippen LogP contribution in [0.5, 0.6) is 0 Å². The Kier molecular flexibility index (Phi) is 37.1. The largest absolute Gasteiger partial charge is 0.477 e. The number of esters is 2. The smallest absolute Gasteiger partial charge is 0.362 e. The fraction of sp³-hybridized carbons (Fsp3) is 0.851. The normalized spacial score (nSPS) is 13.1. The Hall–Kier alpha value is -2.19. The van der Waals surface area contributed by atoms with E-state index in [0.29, 0.717) is 19.3 Å². The van der Waals surface area contributed by atoms with Gasteiger partial charge in [-0.25, -0.2) is 4.79 Å². The minimum absolute atomic E-state index is 0.0536. The van der Waals surface area contributed by atoms with Gasteiger partial charge >= 0.3 is 17.9 Å². The van der Waals surface area contributed by atoms with Crippen molar-refractivity contribution in [2.24, 2.45) is 0 Å². The zero-order valence-corrected chi connectivity index (χ0v) is 36.6. The van der Waals surface area contributed by atoms with E-state index in [4.69, 9.17) is 14.2 Å². The van der Waals surface area contributed by atoms with Crippen LogP contribution in [0, 0.1) is 0 Å². The van der Waals surface area contributed by atoms with E-state index in [-0.39, 0.29) is 36.2 Å². The Bertz CT molecular complexity index is 957. The maximum atomic E-state index is 12.7. The fourth-order valence-corrected chi connectivity index (χ4v) is 6.73. The van der Waals surface area contributed by atoms with Gasteiger partial charge in [-0.1, -0.05) is 147 Å². The minimum atomic E-state index is -0.875. The highest BCUT2D eigenvalue weighted by molar-refractivity contribution is 5.72. The molecule has 1 N–H and O–H groups in total. The van der Waals surface area contributed by atoms with E-state index in [1.54, 1.807) is 0 Å². The number of carboxylic acids is 1. The summed E-state index contributed by atoms with van der Waals surface area (Å²) in [5, 5.41) is 9.62. The van der Waals surface area contributed by atoms with E-state index in [0.717, 1.165) is 51.4 Å². The average Bonchev–Trinajstić information content (AvgIpc) is 3.14. The summed E-state index contributed by atoms with van der Waals surface area (Å²) in [5.74, 6) is -1.48. The van der Waals surface area contributed by atoms with E-state index in [1.165, 1.54) is 122 Å². The number of rotatable bonds is 41. The summed E-state index contributed by atoms with van der Waals surface area (Å²) < 4.78 is 17.3. The first-order chi connectivity index (χ1) is 26.6. The number of carbonyl (C=O) groups excluding carboxylic acids is 2. The average molecular weight is 779 g/mol. The summed E-state index contributed by atoms with van der Waals surface area (Å²) >= 11 is 0. The third-order valence-corrected chi connectivity index (χ3v) is 10.3. The zero-order valence-electron chi connectivity index (χ0n) is 36.6. The van der Waals surface area contributed by atoms with Gasteiger partial charge in [-0.05, 0) is 64.2 Å². The summed E-state index contributed by atoms with van der Waals surface area (Å²) in [5.41, 5.74) is 0. The predicted molar refractivity (Wildman–Crippen MR) is 229 cm³/mol. The molecule has 0 aliphatic heterocycles. The van der Waals surface area contributed by atoms with Gasteiger partial charge in [0.1, 0.15) is 6.61 Å². The number of aliphatic carboxylic acids is 1. The summed E-state index contributed by atoms with van der Waals surface area (Å²) in [7, 11) is 5.53. The topological polar surface area (TPSA) is 99.1 Å². The van der Waals surface area contributed by atoms with Crippen LogP contribution < -0.4 is 0 Å². The monoisotopic (exact) mass is 779 g/mol. The molecule has 0 amide bonds. The molecule has 2 atom stereocenters. The van der Waals surface area contributed by atoms with Crippen LogP contribution in [0.2, 0.25) is 0 Å². The molecular formula is C47H88NO7+. The van der Waals surface area contributed by atoms with Crippen molar-refractivity contribution < 1.29 is 38.2 Å². The number of ether oxygens (including phenoxy) is 3. The summed E-state index contributed by atoms with van der Waals surface area (Å²) in [6.07, 6.45) is 42.1. The molecule has 8 heteroatoms. The number of hydrogen-bond acceptors (Lipinski definition) is 6. The van der Waals surface area contributed by atoms with Crippen LogP contribution in [-0.4, -0.2) is 80.6 Å². The van der Waals surface area contributed by atoms with Gasteiger partial charge in [-0.15, -0.1) is 0 Å². The van der Waals surface area contributed by atoms with Gasteiger partial charge in [0.2, 0.25) is 0 Å². The molecule has 0 saturated carbocycles. The lowest BCUT2D eigenvalue weighted by Gasteiger charge is -2.31. The number of quaternary nitrogens is 1. The molecule has 0 aromatic heterocycles. The molecule has 0 aliphatic rings. The van der Waals surface area contributed by atoms with Crippen LogP contribution >= 0.6 is 0 Å². The Morgan fingerprint density at radius 3 is 1.33 bits per heavy atom. The highest BCUT2D eigenvalue weighted by Gasteiger charge is 2.31. The van der Waals surface area contributed by atoms with E-state index in [2.05, 4.69) is 38.2 Å². The molecule has 0 fully saturated rings. The maximum absolute atomic E-state index is 12.7. The maximum Gasteiger partial charge on any atom is 0.362 e. The molecule has 8 nitrogen and oxygen atoms in total. The second kappa shape index (κ2) is 38.7. The lowest BCUT2D eigenvalue weighted by atomic mass is 10.1. The SMILES string of the molecule is CCCCCC/C=C/CCCCCCCCCC(=O)OCC(COCCC(C(=O)O)[N+](C)(C)C)OC(=O)CCCCCCC/C=C/CCCCCCCCC. The van der Waals surface area contributed by atoms with Crippen molar-refractivity contribution in [2.45, 2.75) is 219 Å². The standard InChI is InChI=1S/C47H87NO7/c1-6-8-10-12-14-16-18-20-22-24-26-28-30-32-34-36-38-46(50)55-43(41-53-40-39-44(47(51)52)48(3,4)5)42-54-45(49)37-35-33-31-29-27-25-23-21-19-17-15-13-11-9-7-2/h17,19,22,24,43-44H,6-16,18,20-21,23,25-42H2,1-5H3/p+1/b19-17+,24-22+. The fourth-order valence-electron chi connectivity index (χ4n) is 6.73.